The van der Waals surface area contributed by atoms with Crippen molar-refractivity contribution in [3.05, 3.63) is 83.9 Å². The number of benzene rings is 3. The molecule has 0 amide bonds. The molecule has 0 unspecified atom stereocenters. The van der Waals surface area contributed by atoms with Gasteiger partial charge in [-0.1, -0.05) is 29.8 Å². The first-order valence-electron chi connectivity index (χ1n) is 8.07. The maximum atomic E-state index is 12.2. The molecule has 3 aromatic rings. The number of carbonyl (C=O) groups excluding carboxylic acids is 1. The number of carbonyl (C=O) groups is 1. The van der Waals surface area contributed by atoms with Gasteiger partial charge in [-0.25, -0.2) is 4.79 Å². The fourth-order valence-corrected chi connectivity index (χ4v) is 2.29. The quantitative estimate of drug-likeness (QED) is 0.425. The molecule has 3 rings (SSSR count). The van der Waals surface area contributed by atoms with E-state index in [0.717, 1.165) is 5.75 Å². The molecule has 26 heavy (non-hydrogen) atoms. The standard InChI is InChI=1S/C21H17ClO4/c1-15(24-18-9-7-16(22)8-10-18)21(23)26-20-13-11-19(12-14-20)25-17-5-3-2-4-6-17/h2-15H,1H3/t15-/m0/s1. The fraction of sp³-hybridized carbons (Fsp3) is 0.0952. The summed E-state index contributed by atoms with van der Waals surface area (Å²) in [5, 5.41) is 0.602. The van der Waals surface area contributed by atoms with Crippen LogP contribution in [0.4, 0.5) is 0 Å². The van der Waals surface area contributed by atoms with Crippen LogP contribution in [-0.4, -0.2) is 12.1 Å². The molecular weight excluding hydrogens is 352 g/mol. The molecule has 0 heterocycles. The van der Waals surface area contributed by atoms with Crippen molar-refractivity contribution in [2.45, 2.75) is 13.0 Å². The van der Waals surface area contributed by atoms with Gasteiger partial charge in [0.2, 0.25) is 0 Å². The van der Waals surface area contributed by atoms with E-state index in [4.69, 9.17) is 25.8 Å². The molecule has 0 N–H and O–H groups in total. The lowest BCUT2D eigenvalue weighted by atomic mass is 10.3. The summed E-state index contributed by atoms with van der Waals surface area (Å²) in [5.74, 6) is 1.87. The molecule has 4 nitrogen and oxygen atoms in total. The van der Waals surface area contributed by atoms with Crippen molar-refractivity contribution >= 4 is 17.6 Å². The fourth-order valence-electron chi connectivity index (χ4n) is 2.16. The Morgan fingerprint density at radius 3 is 1.96 bits per heavy atom. The van der Waals surface area contributed by atoms with E-state index in [1.54, 1.807) is 55.5 Å². The van der Waals surface area contributed by atoms with Crippen molar-refractivity contribution in [3.8, 4) is 23.0 Å². The van der Waals surface area contributed by atoms with Crippen LogP contribution in [-0.2, 0) is 4.79 Å². The third kappa shape index (κ3) is 5.01. The number of ether oxygens (including phenoxy) is 3. The molecule has 0 aliphatic carbocycles. The minimum atomic E-state index is -0.753. The Kier molecular flexibility index (Phi) is 5.77. The summed E-state index contributed by atoms with van der Waals surface area (Å²) in [7, 11) is 0. The molecule has 0 aliphatic heterocycles. The Morgan fingerprint density at radius 1 is 0.769 bits per heavy atom. The summed E-state index contributed by atoms with van der Waals surface area (Å²) >= 11 is 5.82. The van der Waals surface area contributed by atoms with Gasteiger partial charge in [0.05, 0.1) is 0 Å². The minimum Gasteiger partial charge on any atom is -0.479 e. The third-order valence-electron chi connectivity index (χ3n) is 3.48. The van der Waals surface area contributed by atoms with E-state index in [1.165, 1.54) is 0 Å². The van der Waals surface area contributed by atoms with Gasteiger partial charge in [0, 0.05) is 5.02 Å². The summed E-state index contributed by atoms with van der Waals surface area (Å²) in [6.45, 7) is 1.63. The Labute approximate surface area is 156 Å². The number of hydrogen-bond donors (Lipinski definition) is 0. The van der Waals surface area contributed by atoms with Gasteiger partial charge in [-0.15, -0.1) is 0 Å². The van der Waals surface area contributed by atoms with Crippen molar-refractivity contribution in [3.63, 3.8) is 0 Å². The molecule has 0 saturated carbocycles. The van der Waals surface area contributed by atoms with E-state index in [9.17, 15) is 4.79 Å². The maximum Gasteiger partial charge on any atom is 0.352 e. The lowest BCUT2D eigenvalue weighted by Crippen LogP contribution is -2.28. The van der Waals surface area contributed by atoms with Gasteiger partial charge in [0.25, 0.3) is 0 Å². The normalized spacial score (nSPS) is 11.5. The molecule has 5 heteroatoms. The van der Waals surface area contributed by atoms with Crippen LogP contribution in [0.5, 0.6) is 23.0 Å². The molecule has 0 fully saturated rings. The van der Waals surface area contributed by atoms with E-state index in [1.807, 2.05) is 30.3 Å². The van der Waals surface area contributed by atoms with Gasteiger partial charge in [0.15, 0.2) is 6.10 Å². The van der Waals surface area contributed by atoms with E-state index < -0.39 is 12.1 Å². The smallest absolute Gasteiger partial charge is 0.352 e. The zero-order valence-electron chi connectivity index (χ0n) is 14.1. The predicted octanol–water partition coefficient (Wildman–Crippen LogP) is 5.51. The highest BCUT2D eigenvalue weighted by Gasteiger charge is 2.17. The minimum absolute atomic E-state index is 0.418. The number of hydrogen-bond acceptors (Lipinski definition) is 4. The summed E-state index contributed by atoms with van der Waals surface area (Å²) in [4.78, 5) is 12.2. The zero-order valence-corrected chi connectivity index (χ0v) is 14.8. The molecule has 0 spiro atoms. The first-order valence-corrected chi connectivity index (χ1v) is 8.45. The van der Waals surface area contributed by atoms with Crippen molar-refractivity contribution in [1.82, 2.24) is 0 Å². The van der Waals surface area contributed by atoms with E-state index >= 15 is 0 Å². The lowest BCUT2D eigenvalue weighted by Gasteiger charge is -2.14. The highest BCUT2D eigenvalue weighted by molar-refractivity contribution is 6.30. The van der Waals surface area contributed by atoms with Crippen molar-refractivity contribution in [2.75, 3.05) is 0 Å². The van der Waals surface area contributed by atoms with E-state index in [-0.39, 0.29) is 0 Å². The number of rotatable bonds is 6. The van der Waals surface area contributed by atoms with Gasteiger partial charge in [-0.05, 0) is 67.6 Å². The average molecular weight is 369 g/mol. The van der Waals surface area contributed by atoms with Crippen LogP contribution in [0, 0.1) is 0 Å². The topological polar surface area (TPSA) is 44.8 Å². The second-order valence-corrected chi connectivity index (χ2v) is 5.96. The molecule has 3 aromatic carbocycles. The van der Waals surface area contributed by atoms with Crippen LogP contribution < -0.4 is 14.2 Å². The van der Waals surface area contributed by atoms with E-state index in [2.05, 4.69) is 0 Å². The van der Waals surface area contributed by atoms with Crippen molar-refractivity contribution in [2.24, 2.45) is 0 Å². The van der Waals surface area contributed by atoms with Gasteiger partial charge in [-0.3, -0.25) is 0 Å². The van der Waals surface area contributed by atoms with Crippen molar-refractivity contribution in [1.29, 1.82) is 0 Å². The van der Waals surface area contributed by atoms with Crippen LogP contribution in [0.1, 0.15) is 6.92 Å². The molecular formula is C21H17ClO4. The molecule has 0 saturated heterocycles. The molecule has 0 bridgehead atoms. The summed E-state index contributed by atoms with van der Waals surface area (Å²) in [5.41, 5.74) is 0. The second kappa shape index (κ2) is 8.41. The van der Waals surface area contributed by atoms with Gasteiger partial charge < -0.3 is 14.2 Å². The van der Waals surface area contributed by atoms with Crippen LogP contribution in [0.25, 0.3) is 0 Å². The molecule has 132 valence electrons. The molecule has 0 radical (unpaired) electrons. The van der Waals surface area contributed by atoms with Gasteiger partial charge >= 0.3 is 5.97 Å². The number of esters is 1. The van der Waals surface area contributed by atoms with Crippen LogP contribution >= 0.6 is 11.6 Å². The lowest BCUT2D eigenvalue weighted by molar-refractivity contribution is -0.141. The maximum absolute atomic E-state index is 12.2. The first-order chi connectivity index (χ1) is 12.6. The van der Waals surface area contributed by atoms with Crippen LogP contribution in [0.15, 0.2) is 78.9 Å². The second-order valence-electron chi connectivity index (χ2n) is 5.52. The Hall–Kier alpha value is -2.98. The molecule has 0 aromatic heterocycles. The average Bonchev–Trinajstić information content (AvgIpc) is 2.66. The largest absolute Gasteiger partial charge is 0.479 e. The number of para-hydroxylation sites is 1. The van der Waals surface area contributed by atoms with E-state index in [0.29, 0.717) is 22.3 Å². The molecule has 0 aliphatic rings. The Bertz CT molecular complexity index is 845. The van der Waals surface area contributed by atoms with Crippen LogP contribution in [0.2, 0.25) is 5.02 Å². The van der Waals surface area contributed by atoms with Gasteiger partial charge in [-0.2, -0.15) is 0 Å². The first kappa shape index (κ1) is 17.8. The Balaban J connectivity index is 1.56. The Morgan fingerprint density at radius 2 is 1.31 bits per heavy atom. The summed E-state index contributed by atoms with van der Waals surface area (Å²) in [6.07, 6.45) is -0.753. The summed E-state index contributed by atoms with van der Waals surface area (Å²) in [6, 6.07) is 23.0. The predicted molar refractivity (Wildman–Crippen MR) is 100 cm³/mol. The monoisotopic (exact) mass is 368 g/mol. The third-order valence-corrected chi connectivity index (χ3v) is 3.73. The SMILES string of the molecule is C[C@H](Oc1ccc(Cl)cc1)C(=O)Oc1ccc(Oc2ccccc2)cc1. The molecule has 1 atom stereocenters. The number of halogens is 1. The highest BCUT2D eigenvalue weighted by atomic mass is 35.5. The summed E-state index contributed by atoms with van der Waals surface area (Å²) < 4.78 is 16.6. The van der Waals surface area contributed by atoms with Gasteiger partial charge in [0.1, 0.15) is 23.0 Å². The van der Waals surface area contributed by atoms with Crippen molar-refractivity contribution < 1.29 is 19.0 Å². The zero-order chi connectivity index (χ0) is 18.4. The van der Waals surface area contributed by atoms with Crippen LogP contribution in [0.3, 0.4) is 0 Å². The highest BCUT2D eigenvalue weighted by Crippen LogP contribution is 2.24.